The van der Waals surface area contributed by atoms with E-state index in [9.17, 15) is 4.79 Å². The molecular weight excluding hydrogens is 356 g/mol. The molecule has 0 aliphatic carbocycles. The van der Waals surface area contributed by atoms with Crippen molar-refractivity contribution in [3.8, 4) is 0 Å². The van der Waals surface area contributed by atoms with Gasteiger partial charge in [-0.15, -0.1) is 0 Å². The summed E-state index contributed by atoms with van der Waals surface area (Å²) in [5.74, 6) is 0.677. The SMILES string of the molecule is CCCCCCCCC(CCCCCCCC)COC(=O)C(C)CCCCCC. The number of carbonyl (C=O) groups is 1. The van der Waals surface area contributed by atoms with Gasteiger partial charge < -0.3 is 4.74 Å². The fourth-order valence-electron chi connectivity index (χ4n) is 4.08. The topological polar surface area (TPSA) is 26.3 Å². The Bertz CT molecular complexity index is 323. The van der Waals surface area contributed by atoms with E-state index < -0.39 is 0 Å². The van der Waals surface area contributed by atoms with E-state index in [4.69, 9.17) is 4.74 Å². The average molecular weight is 411 g/mol. The third-order valence-electron chi connectivity index (χ3n) is 6.29. The molecule has 29 heavy (non-hydrogen) atoms. The summed E-state index contributed by atoms with van der Waals surface area (Å²) in [6, 6.07) is 0. The minimum Gasteiger partial charge on any atom is -0.465 e. The largest absolute Gasteiger partial charge is 0.465 e. The lowest BCUT2D eigenvalue weighted by Crippen LogP contribution is -2.20. The summed E-state index contributed by atoms with van der Waals surface area (Å²) in [4.78, 5) is 12.4. The highest BCUT2D eigenvalue weighted by Gasteiger charge is 2.17. The summed E-state index contributed by atoms with van der Waals surface area (Å²) in [6.07, 6.45) is 24.5. The Labute approximate surface area is 184 Å². The molecule has 0 fully saturated rings. The maximum Gasteiger partial charge on any atom is 0.308 e. The molecule has 0 radical (unpaired) electrons. The number of ether oxygens (including phenoxy) is 1. The fourth-order valence-corrected chi connectivity index (χ4v) is 4.08. The lowest BCUT2D eigenvalue weighted by Gasteiger charge is -2.19. The Hall–Kier alpha value is -0.530. The van der Waals surface area contributed by atoms with Gasteiger partial charge in [-0.05, 0) is 25.2 Å². The van der Waals surface area contributed by atoms with Crippen LogP contribution in [0.1, 0.15) is 150 Å². The second kappa shape index (κ2) is 22.2. The van der Waals surface area contributed by atoms with Crippen LogP contribution in [-0.4, -0.2) is 12.6 Å². The molecule has 0 aliphatic rings. The second-order valence-corrected chi connectivity index (χ2v) is 9.36. The van der Waals surface area contributed by atoms with Crippen LogP contribution in [0, 0.1) is 11.8 Å². The van der Waals surface area contributed by atoms with E-state index in [1.165, 1.54) is 109 Å². The summed E-state index contributed by atoms with van der Waals surface area (Å²) < 4.78 is 5.78. The summed E-state index contributed by atoms with van der Waals surface area (Å²) in [7, 11) is 0. The van der Waals surface area contributed by atoms with E-state index in [1.807, 2.05) is 6.92 Å². The quantitative estimate of drug-likeness (QED) is 0.131. The van der Waals surface area contributed by atoms with Crippen molar-refractivity contribution in [1.82, 2.24) is 0 Å². The van der Waals surface area contributed by atoms with E-state index in [-0.39, 0.29) is 11.9 Å². The summed E-state index contributed by atoms with van der Waals surface area (Å²) >= 11 is 0. The Balaban J connectivity index is 4.13. The molecule has 0 spiro atoms. The molecule has 174 valence electrons. The minimum absolute atomic E-state index is 0.0393. The smallest absolute Gasteiger partial charge is 0.308 e. The summed E-state index contributed by atoms with van der Waals surface area (Å²) in [5, 5.41) is 0. The molecule has 2 nitrogen and oxygen atoms in total. The summed E-state index contributed by atoms with van der Waals surface area (Å²) in [5.41, 5.74) is 0. The highest BCUT2D eigenvalue weighted by Crippen LogP contribution is 2.21. The van der Waals surface area contributed by atoms with Crippen LogP contribution < -0.4 is 0 Å². The van der Waals surface area contributed by atoms with Gasteiger partial charge >= 0.3 is 5.97 Å². The normalized spacial score (nSPS) is 12.4. The number of rotatable bonds is 22. The van der Waals surface area contributed by atoms with Gasteiger partial charge in [-0.25, -0.2) is 0 Å². The first-order chi connectivity index (χ1) is 14.2. The minimum atomic E-state index is 0.0393. The molecule has 0 rings (SSSR count). The molecule has 0 amide bonds. The van der Waals surface area contributed by atoms with Crippen LogP contribution in [0.4, 0.5) is 0 Å². The average Bonchev–Trinajstić information content (AvgIpc) is 2.73. The van der Waals surface area contributed by atoms with E-state index in [2.05, 4.69) is 20.8 Å². The number of hydrogen-bond donors (Lipinski definition) is 0. The van der Waals surface area contributed by atoms with Crippen molar-refractivity contribution in [3.05, 3.63) is 0 Å². The highest BCUT2D eigenvalue weighted by molar-refractivity contribution is 5.71. The van der Waals surface area contributed by atoms with Crippen LogP contribution in [0.15, 0.2) is 0 Å². The number of hydrogen-bond acceptors (Lipinski definition) is 2. The number of unbranched alkanes of at least 4 members (excludes halogenated alkanes) is 13. The first kappa shape index (κ1) is 28.5. The van der Waals surface area contributed by atoms with Gasteiger partial charge in [0.1, 0.15) is 0 Å². The lowest BCUT2D eigenvalue weighted by molar-refractivity contribution is -0.149. The van der Waals surface area contributed by atoms with Gasteiger partial charge in [0.05, 0.1) is 12.5 Å². The van der Waals surface area contributed by atoms with E-state index >= 15 is 0 Å². The van der Waals surface area contributed by atoms with E-state index in [0.717, 1.165) is 12.8 Å². The van der Waals surface area contributed by atoms with Gasteiger partial charge in [-0.2, -0.15) is 0 Å². The van der Waals surface area contributed by atoms with Crippen LogP contribution in [-0.2, 0) is 9.53 Å². The van der Waals surface area contributed by atoms with Crippen molar-refractivity contribution < 1.29 is 9.53 Å². The third-order valence-corrected chi connectivity index (χ3v) is 6.29. The van der Waals surface area contributed by atoms with Gasteiger partial charge in [-0.3, -0.25) is 4.79 Å². The molecule has 0 aromatic carbocycles. The van der Waals surface area contributed by atoms with Crippen molar-refractivity contribution in [1.29, 1.82) is 0 Å². The first-order valence-electron chi connectivity index (χ1n) is 13.3. The van der Waals surface area contributed by atoms with Gasteiger partial charge in [-0.1, -0.05) is 130 Å². The molecule has 0 N–H and O–H groups in total. The summed E-state index contributed by atoms with van der Waals surface area (Å²) in [6.45, 7) is 9.48. The predicted octanol–water partition coefficient (Wildman–Crippen LogP) is 9.25. The molecule has 1 unspecified atom stereocenters. The molecule has 0 bridgehead atoms. The first-order valence-corrected chi connectivity index (χ1v) is 13.3. The monoisotopic (exact) mass is 410 g/mol. The van der Waals surface area contributed by atoms with E-state index in [0.29, 0.717) is 12.5 Å². The molecule has 0 aromatic heterocycles. The molecule has 0 saturated carbocycles. The molecule has 1 atom stereocenters. The predicted molar refractivity (Wildman–Crippen MR) is 128 cm³/mol. The zero-order chi connectivity index (χ0) is 21.6. The number of esters is 1. The number of carbonyl (C=O) groups excluding carboxylic acids is 1. The van der Waals surface area contributed by atoms with Crippen LogP contribution in [0.5, 0.6) is 0 Å². The Kier molecular flexibility index (Phi) is 21.8. The third kappa shape index (κ3) is 19.2. The van der Waals surface area contributed by atoms with Gasteiger partial charge in [0.2, 0.25) is 0 Å². The Morgan fingerprint density at radius 1 is 0.586 bits per heavy atom. The highest BCUT2D eigenvalue weighted by atomic mass is 16.5. The van der Waals surface area contributed by atoms with Crippen LogP contribution >= 0.6 is 0 Å². The molecule has 0 aliphatic heterocycles. The van der Waals surface area contributed by atoms with Crippen molar-refractivity contribution in [3.63, 3.8) is 0 Å². The van der Waals surface area contributed by atoms with Gasteiger partial charge in [0.15, 0.2) is 0 Å². The zero-order valence-electron chi connectivity index (χ0n) is 20.6. The molecule has 0 aromatic rings. The van der Waals surface area contributed by atoms with E-state index in [1.54, 1.807) is 0 Å². The molecule has 0 saturated heterocycles. The maximum atomic E-state index is 12.4. The lowest BCUT2D eigenvalue weighted by atomic mass is 9.94. The molecular formula is C27H54O2. The van der Waals surface area contributed by atoms with Crippen molar-refractivity contribution >= 4 is 5.97 Å². The van der Waals surface area contributed by atoms with Gasteiger partial charge in [0.25, 0.3) is 0 Å². The Morgan fingerprint density at radius 2 is 0.966 bits per heavy atom. The molecule has 0 heterocycles. The molecule has 2 heteroatoms. The fraction of sp³-hybridized carbons (Fsp3) is 0.963. The second-order valence-electron chi connectivity index (χ2n) is 9.36. The zero-order valence-corrected chi connectivity index (χ0v) is 20.6. The van der Waals surface area contributed by atoms with Crippen molar-refractivity contribution in [2.45, 2.75) is 150 Å². The van der Waals surface area contributed by atoms with Crippen LogP contribution in [0.3, 0.4) is 0 Å². The van der Waals surface area contributed by atoms with Crippen molar-refractivity contribution in [2.75, 3.05) is 6.61 Å². The maximum absolute atomic E-state index is 12.4. The standard InChI is InChI=1S/C27H54O2/c1-5-8-11-14-16-19-22-26(23-20-17-15-12-9-6-2)24-29-27(28)25(4)21-18-13-10-7-3/h25-26H,5-24H2,1-4H3. The van der Waals surface area contributed by atoms with Crippen LogP contribution in [0.25, 0.3) is 0 Å². The Morgan fingerprint density at radius 3 is 1.45 bits per heavy atom. The van der Waals surface area contributed by atoms with Crippen LogP contribution in [0.2, 0.25) is 0 Å². The van der Waals surface area contributed by atoms with Gasteiger partial charge in [0, 0.05) is 0 Å². The van der Waals surface area contributed by atoms with Crippen molar-refractivity contribution in [2.24, 2.45) is 11.8 Å².